The van der Waals surface area contributed by atoms with E-state index in [0.29, 0.717) is 25.0 Å². The standard InChI is InChI=1S/C25H23F2N7O/c1-35-22-12-6-19(7-13-22)16-30-34-25-32-23(28-14-17-2-8-20(26)9-3-17)31-24(33-25)29-15-18-4-10-21(27)11-5-18/h2-13,16H,14-15H2,1H3,(H3,28,29,31,32,33,34)/b30-16+. The highest BCUT2D eigenvalue weighted by Gasteiger charge is 2.07. The molecule has 0 radical (unpaired) electrons. The Balaban J connectivity index is 1.47. The first-order valence-corrected chi connectivity index (χ1v) is 10.7. The first-order chi connectivity index (χ1) is 17.1. The highest BCUT2D eigenvalue weighted by atomic mass is 19.1. The van der Waals surface area contributed by atoms with Gasteiger partial charge in [-0.05, 0) is 65.2 Å². The molecule has 0 saturated heterocycles. The molecule has 0 aliphatic carbocycles. The molecule has 0 bridgehead atoms. The Bertz CT molecular complexity index is 1200. The summed E-state index contributed by atoms with van der Waals surface area (Å²) in [6.45, 7) is 0.770. The summed E-state index contributed by atoms with van der Waals surface area (Å²) in [5.41, 5.74) is 5.39. The predicted molar refractivity (Wildman–Crippen MR) is 131 cm³/mol. The normalized spacial score (nSPS) is 10.8. The fraction of sp³-hybridized carbons (Fsp3) is 0.120. The van der Waals surface area contributed by atoms with Crippen molar-refractivity contribution in [2.45, 2.75) is 13.1 Å². The SMILES string of the molecule is COc1ccc(/C=N/Nc2nc(NCc3ccc(F)cc3)nc(NCc3ccc(F)cc3)n2)cc1. The predicted octanol–water partition coefficient (Wildman–Crippen LogP) is 4.83. The molecule has 0 saturated carbocycles. The molecule has 3 N–H and O–H groups in total. The van der Waals surface area contributed by atoms with Gasteiger partial charge in [0, 0.05) is 13.1 Å². The van der Waals surface area contributed by atoms with Gasteiger partial charge in [-0.3, -0.25) is 0 Å². The molecule has 1 aromatic heterocycles. The van der Waals surface area contributed by atoms with Crippen LogP contribution in [0.4, 0.5) is 26.6 Å². The minimum atomic E-state index is -0.303. The van der Waals surface area contributed by atoms with Crippen molar-refractivity contribution < 1.29 is 13.5 Å². The Kier molecular flexibility index (Phi) is 7.74. The third-order valence-corrected chi connectivity index (χ3v) is 4.86. The zero-order valence-corrected chi connectivity index (χ0v) is 18.9. The number of halogens is 2. The number of hydrogen-bond donors (Lipinski definition) is 3. The molecule has 4 aromatic rings. The fourth-order valence-corrected chi connectivity index (χ4v) is 3.01. The number of rotatable bonds is 10. The van der Waals surface area contributed by atoms with Crippen LogP contribution in [0.25, 0.3) is 0 Å². The summed E-state index contributed by atoms with van der Waals surface area (Å²) in [6.07, 6.45) is 1.63. The molecule has 0 unspecified atom stereocenters. The molecule has 3 aromatic carbocycles. The molecule has 0 spiro atoms. The average molecular weight is 476 g/mol. The average Bonchev–Trinajstić information content (AvgIpc) is 2.88. The summed E-state index contributed by atoms with van der Waals surface area (Å²) in [7, 11) is 1.61. The minimum absolute atomic E-state index is 0.216. The third-order valence-electron chi connectivity index (χ3n) is 4.86. The summed E-state index contributed by atoms with van der Waals surface area (Å²) < 4.78 is 31.5. The molecule has 1 heterocycles. The smallest absolute Gasteiger partial charge is 0.250 e. The van der Waals surface area contributed by atoms with E-state index in [1.54, 1.807) is 37.6 Å². The number of hydrogen-bond acceptors (Lipinski definition) is 8. The Hall–Kier alpha value is -4.60. The molecule has 8 nitrogen and oxygen atoms in total. The molecule has 0 aliphatic rings. The van der Waals surface area contributed by atoms with Crippen LogP contribution >= 0.6 is 0 Å². The van der Waals surface area contributed by atoms with Crippen molar-refractivity contribution in [2.75, 3.05) is 23.2 Å². The zero-order valence-electron chi connectivity index (χ0n) is 18.9. The Morgan fingerprint density at radius 3 is 1.69 bits per heavy atom. The fourth-order valence-electron chi connectivity index (χ4n) is 3.01. The van der Waals surface area contributed by atoms with E-state index in [0.717, 1.165) is 22.4 Å². The summed E-state index contributed by atoms with van der Waals surface area (Å²) in [5, 5.41) is 10.4. The van der Waals surface area contributed by atoms with E-state index in [-0.39, 0.29) is 17.6 Å². The quantitative estimate of drug-likeness (QED) is 0.223. The molecule has 10 heteroatoms. The summed E-state index contributed by atoms with van der Waals surface area (Å²) >= 11 is 0. The maximum atomic E-state index is 13.2. The van der Waals surface area contributed by atoms with Crippen molar-refractivity contribution in [3.8, 4) is 5.75 Å². The lowest BCUT2D eigenvalue weighted by molar-refractivity contribution is 0.415. The van der Waals surface area contributed by atoms with Gasteiger partial charge in [-0.2, -0.15) is 20.1 Å². The maximum absolute atomic E-state index is 13.2. The maximum Gasteiger partial charge on any atom is 0.250 e. The number of ether oxygens (including phenoxy) is 1. The van der Waals surface area contributed by atoms with Gasteiger partial charge >= 0.3 is 0 Å². The van der Waals surface area contributed by atoms with E-state index >= 15 is 0 Å². The van der Waals surface area contributed by atoms with Crippen LogP contribution < -0.4 is 20.8 Å². The van der Waals surface area contributed by atoms with Crippen LogP contribution in [-0.2, 0) is 13.1 Å². The van der Waals surface area contributed by atoms with Gasteiger partial charge in [0.1, 0.15) is 17.4 Å². The third kappa shape index (κ3) is 7.19. The number of aromatic nitrogens is 3. The van der Waals surface area contributed by atoms with Crippen molar-refractivity contribution in [2.24, 2.45) is 5.10 Å². The van der Waals surface area contributed by atoms with E-state index in [9.17, 15) is 8.78 Å². The van der Waals surface area contributed by atoms with E-state index in [1.165, 1.54) is 24.3 Å². The summed E-state index contributed by atoms with van der Waals surface area (Å²) in [6, 6.07) is 19.7. The van der Waals surface area contributed by atoms with E-state index in [4.69, 9.17) is 4.74 Å². The molecular weight excluding hydrogens is 452 g/mol. The lowest BCUT2D eigenvalue weighted by Crippen LogP contribution is -2.11. The highest BCUT2D eigenvalue weighted by Crippen LogP contribution is 2.14. The molecular formula is C25H23F2N7O. The molecule has 35 heavy (non-hydrogen) atoms. The first kappa shape index (κ1) is 23.6. The summed E-state index contributed by atoms with van der Waals surface area (Å²) in [4.78, 5) is 13.1. The number of benzene rings is 3. The molecule has 0 aliphatic heterocycles. The van der Waals surface area contributed by atoms with Gasteiger partial charge in [-0.1, -0.05) is 24.3 Å². The molecule has 0 atom stereocenters. The molecule has 0 amide bonds. The highest BCUT2D eigenvalue weighted by molar-refractivity contribution is 5.80. The van der Waals surface area contributed by atoms with Gasteiger partial charge in [0.15, 0.2) is 0 Å². The number of anilines is 3. The number of hydrazone groups is 1. The number of nitrogens with zero attached hydrogens (tertiary/aromatic N) is 4. The van der Waals surface area contributed by atoms with Crippen LogP contribution in [0.15, 0.2) is 77.9 Å². The molecule has 4 rings (SSSR count). The summed E-state index contributed by atoms with van der Waals surface area (Å²) in [5.74, 6) is 0.959. The number of methoxy groups -OCH3 is 1. The lowest BCUT2D eigenvalue weighted by atomic mass is 10.2. The van der Waals surface area contributed by atoms with Crippen molar-refractivity contribution >= 4 is 24.1 Å². The van der Waals surface area contributed by atoms with Crippen LogP contribution in [-0.4, -0.2) is 28.3 Å². The van der Waals surface area contributed by atoms with Crippen molar-refractivity contribution in [1.29, 1.82) is 0 Å². The minimum Gasteiger partial charge on any atom is -0.497 e. The lowest BCUT2D eigenvalue weighted by Gasteiger charge is -2.10. The van der Waals surface area contributed by atoms with Crippen molar-refractivity contribution in [1.82, 2.24) is 15.0 Å². The van der Waals surface area contributed by atoms with Gasteiger partial charge in [0.05, 0.1) is 13.3 Å². The monoisotopic (exact) mass is 475 g/mol. The Morgan fingerprint density at radius 1 is 0.714 bits per heavy atom. The zero-order chi connectivity index (χ0) is 24.5. The second-order valence-corrected chi connectivity index (χ2v) is 7.41. The Labute approximate surface area is 201 Å². The van der Waals surface area contributed by atoms with Crippen molar-refractivity contribution in [3.63, 3.8) is 0 Å². The van der Waals surface area contributed by atoms with E-state index < -0.39 is 0 Å². The van der Waals surface area contributed by atoms with E-state index in [2.05, 4.69) is 36.1 Å². The van der Waals surface area contributed by atoms with Crippen LogP contribution in [0.5, 0.6) is 5.75 Å². The van der Waals surface area contributed by atoms with Crippen LogP contribution in [0, 0.1) is 11.6 Å². The van der Waals surface area contributed by atoms with Gasteiger partial charge < -0.3 is 15.4 Å². The number of nitrogens with one attached hydrogen (secondary N) is 3. The molecule has 178 valence electrons. The molecule has 0 fully saturated rings. The van der Waals surface area contributed by atoms with Gasteiger partial charge in [-0.25, -0.2) is 14.2 Å². The Morgan fingerprint density at radius 2 is 1.20 bits per heavy atom. The van der Waals surface area contributed by atoms with E-state index in [1.807, 2.05) is 24.3 Å². The second kappa shape index (κ2) is 11.5. The second-order valence-electron chi connectivity index (χ2n) is 7.41. The van der Waals surface area contributed by atoms with Gasteiger partial charge in [0.2, 0.25) is 17.8 Å². The van der Waals surface area contributed by atoms with Crippen LogP contribution in [0.3, 0.4) is 0 Å². The van der Waals surface area contributed by atoms with Crippen LogP contribution in [0.2, 0.25) is 0 Å². The van der Waals surface area contributed by atoms with Gasteiger partial charge in [-0.15, -0.1) is 0 Å². The first-order valence-electron chi connectivity index (χ1n) is 10.7. The largest absolute Gasteiger partial charge is 0.497 e. The van der Waals surface area contributed by atoms with Crippen molar-refractivity contribution in [3.05, 3.63) is 101 Å². The van der Waals surface area contributed by atoms with Gasteiger partial charge in [0.25, 0.3) is 0 Å². The van der Waals surface area contributed by atoms with Crippen LogP contribution in [0.1, 0.15) is 16.7 Å². The topological polar surface area (TPSA) is 96.4 Å².